The molecule has 2 rings (SSSR count). The van der Waals surface area contributed by atoms with Crippen LogP contribution >= 0.6 is 0 Å². The first-order valence-electron chi connectivity index (χ1n) is 4.85. The average Bonchev–Trinajstić information content (AvgIpc) is 2.57. The Balaban J connectivity index is 1.97. The summed E-state index contributed by atoms with van der Waals surface area (Å²) in [4.78, 5) is 0. The fourth-order valence-corrected chi connectivity index (χ4v) is 1.89. The maximum absolute atomic E-state index is 8.72. The van der Waals surface area contributed by atoms with Gasteiger partial charge >= 0.3 is 0 Å². The minimum absolute atomic E-state index is 0.300. The molecule has 1 aliphatic rings. The van der Waals surface area contributed by atoms with Gasteiger partial charge in [-0.25, -0.2) is 0 Å². The van der Waals surface area contributed by atoms with Crippen molar-refractivity contribution in [1.29, 1.82) is 0 Å². The molecule has 2 nitrogen and oxygen atoms in total. The summed E-state index contributed by atoms with van der Waals surface area (Å²) in [6.45, 7) is 0.300. The third-order valence-corrected chi connectivity index (χ3v) is 2.55. The molecule has 0 saturated heterocycles. The van der Waals surface area contributed by atoms with Crippen LogP contribution in [0.1, 0.15) is 18.4 Å². The highest BCUT2D eigenvalue weighted by molar-refractivity contribution is 5.56. The largest absolute Gasteiger partial charge is 0.396 e. The SMILES string of the molecule is OCCC[C@@H]1Cc2ccccc2N1. The molecule has 1 heterocycles. The smallest absolute Gasteiger partial charge is 0.0431 e. The van der Waals surface area contributed by atoms with Crippen molar-refractivity contribution >= 4 is 5.69 Å². The Bertz CT molecular complexity index is 260. The van der Waals surface area contributed by atoms with Gasteiger partial charge in [-0.1, -0.05) is 18.2 Å². The van der Waals surface area contributed by atoms with Crippen molar-refractivity contribution in [2.45, 2.75) is 25.3 Å². The second kappa shape index (κ2) is 3.79. The Morgan fingerprint density at radius 1 is 1.38 bits per heavy atom. The number of hydrogen-bond donors (Lipinski definition) is 2. The van der Waals surface area contributed by atoms with E-state index in [0.717, 1.165) is 19.3 Å². The standard InChI is InChI=1S/C11H15NO/c13-7-3-5-10-8-9-4-1-2-6-11(9)12-10/h1-2,4,6,10,12-13H,3,5,7-8H2/t10-/m1/s1. The summed E-state index contributed by atoms with van der Waals surface area (Å²) in [5.41, 5.74) is 2.68. The second-order valence-electron chi connectivity index (χ2n) is 3.57. The number of fused-ring (bicyclic) bond motifs is 1. The molecule has 0 aliphatic carbocycles. The lowest BCUT2D eigenvalue weighted by molar-refractivity contribution is 0.281. The summed E-state index contributed by atoms with van der Waals surface area (Å²) in [6.07, 6.45) is 3.06. The van der Waals surface area contributed by atoms with Gasteiger partial charge in [0.05, 0.1) is 0 Å². The van der Waals surface area contributed by atoms with Crippen LogP contribution in [0.4, 0.5) is 5.69 Å². The zero-order chi connectivity index (χ0) is 9.10. The lowest BCUT2D eigenvalue weighted by atomic mass is 10.1. The van der Waals surface area contributed by atoms with Gasteiger partial charge in [0, 0.05) is 18.3 Å². The Kier molecular flexibility index (Phi) is 2.50. The fraction of sp³-hybridized carbons (Fsp3) is 0.455. The van der Waals surface area contributed by atoms with Crippen molar-refractivity contribution < 1.29 is 5.11 Å². The van der Waals surface area contributed by atoms with Crippen molar-refractivity contribution in [2.75, 3.05) is 11.9 Å². The number of nitrogens with one attached hydrogen (secondary N) is 1. The van der Waals surface area contributed by atoms with Crippen LogP contribution in [0, 0.1) is 0 Å². The number of aliphatic hydroxyl groups excluding tert-OH is 1. The molecule has 2 heteroatoms. The highest BCUT2D eigenvalue weighted by Crippen LogP contribution is 2.26. The van der Waals surface area contributed by atoms with E-state index in [1.165, 1.54) is 11.3 Å². The Labute approximate surface area is 78.6 Å². The first-order chi connectivity index (χ1) is 6.40. The number of hydrogen-bond acceptors (Lipinski definition) is 2. The normalized spacial score (nSPS) is 19.6. The predicted molar refractivity (Wildman–Crippen MR) is 53.9 cm³/mol. The Morgan fingerprint density at radius 3 is 3.00 bits per heavy atom. The molecule has 70 valence electrons. The summed E-state index contributed by atoms with van der Waals surface area (Å²) in [5, 5.41) is 12.2. The average molecular weight is 177 g/mol. The van der Waals surface area contributed by atoms with Crippen molar-refractivity contribution in [3.8, 4) is 0 Å². The van der Waals surface area contributed by atoms with E-state index < -0.39 is 0 Å². The number of benzene rings is 1. The van der Waals surface area contributed by atoms with Crippen molar-refractivity contribution in [3.05, 3.63) is 29.8 Å². The van der Waals surface area contributed by atoms with E-state index in [2.05, 4.69) is 29.6 Å². The molecule has 13 heavy (non-hydrogen) atoms. The van der Waals surface area contributed by atoms with Crippen LogP contribution in [-0.4, -0.2) is 17.8 Å². The van der Waals surface area contributed by atoms with Crippen LogP contribution in [-0.2, 0) is 6.42 Å². The number of anilines is 1. The third-order valence-electron chi connectivity index (χ3n) is 2.55. The van der Waals surface area contributed by atoms with Crippen LogP contribution in [0.25, 0.3) is 0 Å². The van der Waals surface area contributed by atoms with Gasteiger partial charge in [-0.2, -0.15) is 0 Å². The molecule has 0 aromatic heterocycles. The van der Waals surface area contributed by atoms with Crippen LogP contribution in [0.2, 0.25) is 0 Å². The van der Waals surface area contributed by atoms with Gasteiger partial charge in [-0.3, -0.25) is 0 Å². The molecule has 1 aromatic carbocycles. The van der Waals surface area contributed by atoms with E-state index in [0.29, 0.717) is 12.6 Å². The van der Waals surface area contributed by atoms with Crippen LogP contribution in [0.3, 0.4) is 0 Å². The van der Waals surface area contributed by atoms with Gasteiger partial charge in [0.25, 0.3) is 0 Å². The first kappa shape index (κ1) is 8.57. The first-order valence-corrected chi connectivity index (χ1v) is 4.85. The Hall–Kier alpha value is -1.02. The van der Waals surface area contributed by atoms with Gasteiger partial charge in [0.1, 0.15) is 0 Å². The molecule has 0 radical (unpaired) electrons. The Morgan fingerprint density at radius 2 is 2.23 bits per heavy atom. The molecule has 0 bridgehead atoms. The summed E-state index contributed by atoms with van der Waals surface area (Å²) in [7, 11) is 0. The molecule has 1 aromatic rings. The van der Waals surface area contributed by atoms with Gasteiger partial charge in [0.15, 0.2) is 0 Å². The van der Waals surface area contributed by atoms with E-state index in [9.17, 15) is 0 Å². The molecular weight excluding hydrogens is 162 g/mol. The monoisotopic (exact) mass is 177 g/mol. The van der Waals surface area contributed by atoms with E-state index in [4.69, 9.17) is 5.11 Å². The van der Waals surface area contributed by atoms with Crippen LogP contribution < -0.4 is 5.32 Å². The van der Waals surface area contributed by atoms with Gasteiger partial charge in [0.2, 0.25) is 0 Å². The maximum Gasteiger partial charge on any atom is 0.0431 e. The van der Waals surface area contributed by atoms with Crippen LogP contribution in [0.15, 0.2) is 24.3 Å². The molecule has 0 amide bonds. The van der Waals surface area contributed by atoms with E-state index in [1.54, 1.807) is 0 Å². The highest BCUT2D eigenvalue weighted by Gasteiger charge is 2.18. The van der Waals surface area contributed by atoms with Crippen molar-refractivity contribution in [2.24, 2.45) is 0 Å². The second-order valence-corrected chi connectivity index (χ2v) is 3.57. The highest BCUT2D eigenvalue weighted by atomic mass is 16.2. The number of aliphatic hydroxyl groups is 1. The van der Waals surface area contributed by atoms with E-state index in [1.807, 2.05) is 0 Å². The zero-order valence-corrected chi connectivity index (χ0v) is 7.66. The lowest BCUT2D eigenvalue weighted by Gasteiger charge is -2.09. The lowest BCUT2D eigenvalue weighted by Crippen LogP contribution is -2.15. The molecule has 0 saturated carbocycles. The molecule has 1 aliphatic heterocycles. The fourth-order valence-electron chi connectivity index (χ4n) is 1.89. The molecular formula is C11H15NO. The molecule has 0 fully saturated rings. The minimum Gasteiger partial charge on any atom is -0.396 e. The number of para-hydroxylation sites is 1. The van der Waals surface area contributed by atoms with Gasteiger partial charge < -0.3 is 10.4 Å². The summed E-state index contributed by atoms with van der Waals surface area (Å²) in [5.74, 6) is 0. The maximum atomic E-state index is 8.72. The summed E-state index contributed by atoms with van der Waals surface area (Å²) < 4.78 is 0. The topological polar surface area (TPSA) is 32.3 Å². The quantitative estimate of drug-likeness (QED) is 0.737. The van der Waals surface area contributed by atoms with Gasteiger partial charge in [-0.05, 0) is 30.9 Å². The minimum atomic E-state index is 0.300. The zero-order valence-electron chi connectivity index (χ0n) is 7.66. The summed E-state index contributed by atoms with van der Waals surface area (Å²) in [6, 6.07) is 8.95. The predicted octanol–water partition coefficient (Wildman–Crippen LogP) is 1.80. The molecule has 1 atom stereocenters. The van der Waals surface area contributed by atoms with E-state index >= 15 is 0 Å². The molecule has 2 N–H and O–H groups in total. The third kappa shape index (κ3) is 1.83. The van der Waals surface area contributed by atoms with Gasteiger partial charge in [-0.15, -0.1) is 0 Å². The van der Waals surface area contributed by atoms with Crippen molar-refractivity contribution in [3.63, 3.8) is 0 Å². The number of rotatable bonds is 3. The molecule has 0 unspecified atom stereocenters. The summed E-state index contributed by atoms with van der Waals surface area (Å²) >= 11 is 0. The molecule has 0 spiro atoms. The van der Waals surface area contributed by atoms with E-state index in [-0.39, 0.29) is 0 Å². The van der Waals surface area contributed by atoms with Crippen LogP contribution in [0.5, 0.6) is 0 Å². The van der Waals surface area contributed by atoms with Crippen molar-refractivity contribution in [1.82, 2.24) is 0 Å².